The van der Waals surface area contributed by atoms with Gasteiger partial charge in [-0.15, -0.1) is 11.6 Å². The van der Waals surface area contributed by atoms with Gasteiger partial charge in [0, 0.05) is 12.5 Å². The Bertz CT molecular complexity index is 183. The van der Waals surface area contributed by atoms with Crippen molar-refractivity contribution in [2.24, 2.45) is 11.8 Å². The van der Waals surface area contributed by atoms with E-state index in [1.165, 1.54) is 44.9 Å². The molecule has 0 spiro atoms. The first-order valence-corrected chi connectivity index (χ1v) is 6.41. The molecule has 0 radical (unpaired) electrons. The van der Waals surface area contributed by atoms with Gasteiger partial charge in [0.1, 0.15) is 0 Å². The minimum atomic E-state index is 0.437. The summed E-state index contributed by atoms with van der Waals surface area (Å²) in [6.07, 6.45) is 9.68. The number of methoxy groups -OCH3 is 1. The minimum absolute atomic E-state index is 0.437. The number of hydrogen-bond acceptors (Lipinski definition) is 1. The van der Waals surface area contributed by atoms with Crippen LogP contribution in [0.2, 0.25) is 0 Å². The van der Waals surface area contributed by atoms with Crippen molar-refractivity contribution in [2.45, 2.75) is 56.4 Å². The highest BCUT2D eigenvalue weighted by Crippen LogP contribution is 2.41. The fourth-order valence-electron chi connectivity index (χ4n) is 3.34. The predicted molar refractivity (Wildman–Crippen MR) is 59.7 cm³/mol. The molecule has 0 aliphatic heterocycles. The van der Waals surface area contributed by atoms with Crippen LogP contribution in [0.4, 0.5) is 0 Å². The molecule has 1 nitrogen and oxygen atoms in total. The molecule has 0 saturated heterocycles. The zero-order valence-corrected chi connectivity index (χ0v) is 9.80. The zero-order valence-electron chi connectivity index (χ0n) is 9.05. The molecule has 2 fully saturated rings. The highest BCUT2D eigenvalue weighted by Gasteiger charge is 2.35. The van der Waals surface area contributed by atoms with Crippen LogP contribution in [0.5, 0.6) is 0 Å². The predicted octanol–water partition coefficient (Wildman–Crippen LogP) is 3.60. The normalized spacial score (nSPS) is 44.1. The van der Waals surface area contributed by atoms with Crippen molar-refractivity contribution in [3.05, 3.63) is 0 Å². The number of halogens is 1. The molecular formula is C12H21ClO. The summed E-state index contributed by atoms with van der Waals surface area (Å²) in [6.45, 7) is 0. The van der Waals surface area contributed by atoms with Gasteiger partial charge in [-0.25, -0.2) is 0 Å². The van der Waals surface area contributed by atoms with Crippen LogP contribution in [-0.4, -0.2) is 18.6 Å². The molecule has 0 aromatic carbocycles. The van der Waals surface area contributed by atoms with E-state index in [9.17, 15) is 0 Å². The molecule has 0 aromatic heterocycles. The summed E-state index contributed by atoms with van der Waals surface area (Å²) in [5, 5.41) is 0.437. The summed E-state index contributed by atoms with van der Waals surface area (Å²) >= 11 is 6.24. The van der Waals surface area contributed by atoms with Crippen molar-refractivity contribution >= 4 is 11.6 Å². The van der Waals surface area contributed by atoms with E-state index < -0.39 is 0 Å². The van der Waals surface area contributed by atoms with E-state index in [4.69, 9.17) is 16.3 Å². The van der Waals surface area contributed by atoms with Crippen LogP contribution in [0.15, 0.2) is 0 Å². The second kappa shape index (κ2) is 4.85. The minimum Gasteiger partial charge on any atom is -0.381 e. The van der Waals surface area contributed by atoms with Crippen LogP contribution in [-0.2, 0) is 4.74 Å². The average Bonchev–Trinajstić information content (AvgIpc) is 2.65. The Morgan fingerprint density at radius 1 is 1.07 bits per heavy atom. The van der Waals surface area contributed by atoms with Crippen molar-refractivity contribution in [1.29, 1.82) is 0 Å². The van der Waals surface area contributed by atoms with Crippen LogP contribution in [0.25, 0.3) is 0 Å². The lowest BCUT2D eigenvalue weighted by molar-refractivity contribution is 0.0390. The fourth-order valence-corrected chi connectivity index (χ4v) is 3.72. The van der Waals surface area contributed by atoms with Gasteiger partial charge in [0.15, 0.2) is 0 Å². The van der Waals surface area contributed by atoms with E-state index in [2.05, 4.69) is 0 Å². The van der Waals surface area contributed by atoms with E-state index in [0.29, 0.717) is 11.5 Å². The summed E-state index contributed by atoms with van der Waals surface area (Å²) < 4.78 is 5.57. The molecule has 0 amide bonds. The maximum absolute atomic E-state index is 6.24. The second-order valence-corrected chi connectivity index (χ2v) is 5.51. The summed E-state index contributed by atoms with van der Waals surface area (Å²) in [7, 11) is 1.87. The van der Waals surface area contributed by atoms with E-state index in [1.807, 2.05) is 7.11 Å². The lowest BCUT2D eigenvalue weighted by Gasteiger charge is -2.33. The highest BCUT2D eigenvalue weighted by molar-refractivity contribution is 6.20. The van der Waals surface area contributed by atoms with E-state index in [1.54, 1.807) is 0 Å². The van der Waals surface area contributed by atoms with Gasteiger partial charge >= 0.3 is 0 Å². The van der Waals surface area contributed by atoms with Crippen LogP contribution in [0.3, 0.4) is 0 Å². The maximum Gasteiger partial charge on any atom is 0.0602 e. The Balaban J connectivity index is 1.92. The van der Waals surface area contributed by atoms with Gasteiger partial charge in [-0.3, -0.25) is 0 Å². The smallest absolute Gasteiger partial charge is 0.0602 e. The van der Waals surface area contributed by atoms with Gasteiger partial charge in [-0.2, -0.15) is 0 Å². The largest absolute Gasteiger partial charge is 0.381 e. The lowest BCUT2D eigenvalue weighted by atomic mass is 9.78. The number of ether oxygens (including phenoxy) is 1. The Morgan fingerprint density at radius 3 is 2.57 bits per heavy atom. The van der Waals surface area contributed by atoms with E-state index in [-0.39, 0.29) is 0 Å². The first-order valence-electron chi connectivity index (χ1n) is 5.98. The van der Waals surface area contributed by atoms with Gasteiger partial charge in [0.25, 0.3) is 0 Å². The third-order valence-corrected chi connectivity index (χ3v) is 4.46. The van der Waals surface area contributed by atoms with Gasteiger partial charge in [0.05, 0.1) is 6.10 Å². The van der Waals surface area contributed by atoms with Crippen molar-refractivity contribution in [3.63, 3.8) is 0 Å². The van der Waals surface area contributed by atoms with Crippen molar-refractivity contribution in [3.8, 4) is 0 Å². The standard InChI is InChI=1S/C12H21ClO/c1-14-12-7-3-6-11(12)9-4-2-5-10(13)8-9/h9-12H,2-8H2,1H3. The molecule has 4 atom stereocenters. The van der Waals surface area contributed by atoms with E-state index in [0.717, 1.165) is 11.8 Å². The molecule has 82 valence electrons. The van der Waals surface area contributed by atoms with Gasteiger partial charge in [-0.05, 0) is 43.9 Å². The monoisotopic (exact) mass is 216 g/mol. The van der Waals surface area contributed by atoms with Crippen LogP contribution in [0.1, 0.15) is 44.9 Å². The van der Waals surface area contributed by atoms with Gasteiger partial charge in [0.2, 0.25) is 0 Å². The van der Waals surface area contributed by atoms with Crippen LogP contribution < -0.4 is 0 Å². The topological polar surface area (TPSA) is 9.23 Å². The van der Waals surface area contributed by atoms with Gasteiger partial charge < -0.3 is 4.74 Å². The lowest BCUT2D eigenvalue weighted by Crippen LogP contribution is -2.29. The molecule has 0 N–H and O–H groups in total. The van der Waals surface area contributed by atoms with Gasteiger partial charge in [-0.1, -0.05) is 12.8 Å². The highest BCUT2D eigenvalue weighted by atomic mass is 35.5. The Hall–Kier alpha value is 0.250. The molecule has 0 bridgehead atoms. The number of alkyl halides is 1. The molecule has 2 heteroatoms. The Morgan fingerprint density at radius 2 is 1.86 bits per heavy atom. The SMILES string of the molecule is COC1CCCC1C1CCCC(Cl)C1. The fraction of sp³-hybridized carbons (Fsp3) is 1.00. The maximum atomic E-state index is 6.24. The first-order chi connectivity index (χ1) is 6.81. The molecular weight excluding hydrogens is 196 g/mol. The number of rotatable bonds is 2. The molecule has 14 heavy (non-hydrogen) atoms. The molecule has 2 aliphatic rings. The molecule has 0 aromatic rings. The summed E-state index contributed by atoms with van der Waals surface area (Å²) in [5.74, 6) is 1.65. The molecule has 2 saturated carbocycles. The van der Waals surface area contributed by atoms with Crippen LogP contribution in [0, 0.1) is 11.8 Å². The van der Waals surface area contributed by atoms with Crippen molar-refractivity contribution in [1.82, 2.24) is 0 Å². The summed E-state index contributed by atoms with van der Waals surface area (Å²) in [4.78, 5) is 0. The first kappa shape index (κ1) is 10.8. The van der Waals surface area contributed by atoms with Crippen molar-refractivity contribution < 1.29 is 4.74 Å². The third kappa shape index (κ3) is 2.25. The molecule has 4 unspecified atom stereocenters. The van der Waals surface area contributed by atoms with Crippen molar-refractivity contribution in [2.75, 3.05) is 7.11 Å². The molecule has 2 rings (SSSR count). The summed E-state index contributed by atoms with van der Waals surface area (Å²) in [6, 6.07) is 0. The zero-order chi connectivity index (χ0) is 9.97. The number of hydrogen-bond donors (Lipinski definition) is 0. The average molecular weight is 217 g/mol. The molecule has 0 heterocycles. The summed E-state index contributed by atoms with van der Waals surface area (Å²) in [5.41, 5.74) is 0. The third-order valence-electron chi connectivity index (χ3n) is 4.06. The van der Waals surface area contributed by atoms with E-state index >= 15 is 0 Å². The second-order valence-electron chi connectivity index (χ2n) is 4.89. The Labute approximate surface area is 92.2 Å². The quantitative estimate of drug-likeness (QED) is 0.641. The van der Waals surface area contributed by atoms with Crippen LogP contribution >= 0.6 is 11.6 Å². The Kier molecular flexibility index (Phi) is 3.73. The molecule has 2 aliphatic carbocycles.